The van der Waals surface area contributed by atoms with Crippen LogP contribution in [0.5, 0.6) is 5.75 Å². The number of benzene rings is 1. The molecule has 1 fully saturated rings. The molecule has 0 bridgehead atoms. The second kappa shape index (κ2) is 6.36. The van der Waals surface area contributed by atoms with Crippen LogP contribution in [0.3, 0.4) is 0 Å². The molecular formula is C13H20NO4S+. The molecule has 2 rings (SSSR count). The van der Waals surface area contributed by atoms with Gasteiger partial charge in [-0.15, -0.1) is 0 Å². The molecule has 0 amide bonds. The Morgan fingerprint density at radius 2 is 2.11 bits per heavy atom. The minimum absolute atomic E-state index is 0.352. The molecule has 2 N–H and O–H groups in total. The van der Waals surface area contributed by atoms with Gasteiger partial charge in [0.05, 0.1) is 6.26 Å². The maximum Gasteiger partial charge on any atom is 0.306 e. The van der Waals surface area contributed by atoms with Crippen molar-refractivity contribution in [2.45, 2.75) is 25.5 Å². The fourth-order valence-corrected chi connectivity index (χ4v) is 2.58. The van der Waals surface area contributed by atoms with Gasteiger partial charge >= 0.3 is 10.1 Å². The number of hydrogen-bond donors (Lipinski definition) is 1. The average molecular weight is 286 g/mol. The van der Waals surface area contributed by atoms with Crippen molar-refractivity contribution in [1.82, 2.24) is 0 Å². The zero-order chi connectivity index (χ0) is 13.7. The first-order chi connectivity index (χ1) is 9.03. The molecule has 1 aromatic carbocycles. The minimum Gasteiger partial charge on any atom is -0.383 e. The topological polar surface area (TPSA) is 69.2 Å². The lowest BCUT2D eigenvalue weighted by molar-refractivity contribution is -0.676. The maximum absolute atomic E-state index is 11.0. The Kier molecular flexibility index (Phi) is 4.79. The van der Waals surface area contributed by atoms with Gasteiger partial charge in [-0.25, -0.2) is 0 Å². The normalized spacial score (nSPS) is 19.5. The van der Waals surface area contributed by atoms with Gasteiger partial charge in [-0.3, -0.25) is 0 Å². The molecule has 1 aliphatic rings. The summed E-state index contributed by atoms with van der Waals surface area (Å²) in [5.74, 6) is 0.352. The molecule has 1 heterocycles. The zero-order valence-corrected chi connectivity index (χ0v) is 11.9. The molecule has 5 nitrogen and oxygen atoms in total. The third-order valence-corrected chi connectivity index (χ3v) is 3.50. The van der Waals surface area contributed by atoms with Crippen LogP contribution in [0.25, 0.3) is 0 Å². The first-order valence-corrected chi connectivity index (χ1v) is 8.26. The van der Waals surface area contributed by atoms with Crippen molar-refractivity contribution in [3.63, 3.8) is 0 Å². The van der Waals surface area contributed by atoms with Crippen LogP contribution in [0.4, 0.5) is 0 Å². The standard InChI is InChI=1S/C13H19NO4S/c1-19(15,16)18-12-6-4-11(5-7-12)9-14-10-13-3-2-8-17-13/h4-7,13-14H,2-3,8-10H2,1H3/p+1/t13-/m1/s1. The maximum atomic E-state index is 11.0. The van der Waals surface area contributed by atoms with Gasteiger partial charge in [0.15, 0.2) is 0 Å². The van der Waals surface area contributed by atoms with E-state index in [0.29, 0.717) is 11.9 Å². The predicted octanol–water partition coefficient (Wildman–Crippen LogP) is 0.267. The van der Waals surface area contributed by atoms with Crippen LogP contribution in [0.15, 0.2) is 24.3 Å². The highest BCUT2D eigenvalue weighted by Gasteiger charge is 2.16. The van der Waals surface area contributed by atoms with Gasteiger partial charge in [-0.1, -0.05) is 0 Å². The largest absolute Gasteiger partial charge is 0.383 e. The van der Waals surface area contributed by atoms with Crippen molar-refractivity contribution >= 4 is 10.1 Å². The summed E-state index contributed by atoms with van der Waals surface area (Å²) in [6.45, 7) is 2.72. The van der Waals surface area contributed by atoms with Gasteiger partial charge in [0.1, 0.15) is 24.9 Å². The molecule has 19 heavy (non-hydrogen) atoms. The van der Waals surface area contributed by atoms with E-state index in [9.17, 15) is 8.42 Å². The number of nitrogens with two attached hydrogens (primary N) is 1. The highest BCUT2D eigenvalue weighted by atomic mass is 32.2. The van der Waals surface area contributed by atoms with Crippen LogP contribution in [-0.2, 0) is 21.4 Å². The van der Waals surface area contributed by atoms with Crippen molar-refractivity contribution < 1.29 is 22.7 Å². The van der Waals surface area contributed by atoms with E-state index in [2.05, 4.69) is 5.32 Å². The van der Waals surface area contributed by atoms with Crippen LogP contribution in [0, 0.1) is 0 Å². The number of rotatable bonds is 6. The minimum atomic E-state index is -3.44. The Bertz CT molecular complexity index is 492. The quantitative estimate of drug-likeness (QED) is 0.762. The van der Waals surface area contributed by atoms with Crippen LogP contribution in [-0.4, -0.2) is 33.9 Å². The summed E-state index contributed by atoms with van der Waals surface area (Å²) >= 11 is 0. The van der Waals surface area contributed by atoms with Crippen LogP contribution in [0.2, 0.25) is 0 Å². The summed E-state index contributed by atoms with van der Waals surface area (Å²) in [4.78, 5) is 0. The second-order valence-electron chi connectivity index (χ2n) is 4.79. The molecule has 0 aliphatic carbocycles. The van der Waals surface area contributed by atoms with E-state index >= 15 is 0 Å². The van der Waals surface area contributed by atoms with E-state index in [1.165, 1.54) is 0 Å². The van der Waals surface area contributed by atoms with E-state index in [-0.39, 0.29) is 0 Å². The lowest BCUT2D eigenvalue weighted by Crippen LogP contribution is -2.84. The first kappa shape index (κ1) is 14.3. The Hall–Kier alpha value is -1.11. The van der Waals surface area contributed by atoms with E-state index in [4.69, 9.17) is 8.92 Å². The molecular weight excluding hydrogens is 266 g/mol. The second-order valence-corrected chi connectivity index (χ2v) is 6.37. The molecule has 0 aromatic heterocycles. The molecule has 6 heteroatoms. The molecule has 1 atom stereocenters. The van der Waals surface area contributed by atoms with Crippen molar-refractivity contribution in [1.29, 1.82) is 0 Å². The SMILES string of the molecule is CS(=O)(=O)Oc1ccc(C[NH2+]C[C@H]2CCCO2)cc1. The number of hydrogen-bond acceptors (Lipinski definition) is 4. The van der Waals surface area contributed by atoms with Crippen molar-refractivity contribution in [2.24, 2.45) is 0 Å². The fourth-order valence-electron chi connectivity index (χ4n) is 2.12. The summed E-state index contributed by atoms with van der Waals surface area (Å²) in [6, 6.07) is 7.12. The molecule has 0 radical (unpaired) electrons. The summed E-state index contributed by atoms with van der Waals surface area (Å²) in [5.41, 5.74) is 1.14. The van der Waals surface area contributed by atoms with Crippen LogP contribution < -0.4 is 9.50 Å². The molecule has 1 aromatic rings. The predicted molar refractivity (Wildman–Crippen MR) is 71.4 cm³/mol. The zero-order valence-electron chi connectivity index (χ0n) is 11.0. The molecule has 1 saturated heterocycles. The van der Waals surface area contributed by atoms with Gasteiger partial charge in [-0.05, 0) is 37.1 Å². The highest BCUT2D eigenvalue weighted by Crippen LogP contribution is 2.13. The summed E-state index contributed by atoms with van der Waals surface area (Å²) in [7, 11) is -3.44. The summed E-state index contributed by atoms with van der Waals surface area (Å²) in [6.07, 6.45) is 3.73. The lowest BCUT2D eigenvalue weighted by Gasteiger charge is -2.08. The first-order valence-electron chi connectivity index (χ1n) is 6.44. The van der Waals surface area contributed by atoms with E-state index < -0.39 is 10.1 Å². The van der Waals surface area contributed by atoms with E-state index in [1.54, 1.807) is 12.1 Å². The van der Waals surface area contributed by atoms with Gasteiger partial charge < -0.3 is 14.2 Å². The van der Waals surface area contributed by atoms with E-state index in [0.717, 1.165) is 44.4 Å². The average Bonchev–Trinajstić information content (AvgIpc) is 2.82. The Labute approximate surface area is 114 Å². The third kappa shape index (κ3) is 5.18. The van der Waals surface area contributed by atoms with Crippen molar-refractivity contribution in [3.8, 4) is 5.75 Å². The Morgan fingerprint density at radius 3 is 2.68 bits per heavy atom. The van der Waals surface area contributed by atoms with E-state index in [1.807, 2.05) is 12.1 Å². The number of ether oxygens (including phenoxy) is 1. The molecule has 0 unspecified atom stereocenters. The molecule has 0 saturated carbocycles. The lowest BCUT2D eigenvalue weighted by atomic mass is 10.2. The summed E-state index contributed by atoms with van der Waals surface area (Å²) < 4.78 is 32.3. The van der Waals surface area contributed by atoms with Gasteiger partial charge in [0.25, 0.3) is 0 Å². The third-order valence-electron chi connectivity index (χ3n) is 3.00. The van der Waals surface area contributed by atoms with Crippen molar-refractivity contribution in [3.05, 3.63) is 29.8 Å². The molecule has 106 valence electrons. The fraction of sp³-hybridized carbons (Fsp3) is 0.538. The smallest absolute Gasteiger partial charge is 0.306 e. The number of quaternary nitrogens is 1. The Balaban J connectivity index is 1.78. The van der Waals surface area contributed by atoms with Crippen molar-refractivity contribution in [2.75, 3.05) is 19.4 Å². The van der Waals surface area contributed by atoms with Gasteiger partial charge in [0.2, 0.25) is 0 Å². The van der Waals surface area contributed by atoms with Crippen LogP contribution in [0.1, 0.15) is 18.4 Å². The Morgan fingerprint density at radius 1 is 1.37 bits per heavy atom. The van der Waals surface area contributed by atoms with Gasteiger partial charge in [0, 0.05) is 12.2 Å². The van der Waals surface area contributed by atoms with Crippen LogP contribution >= 0.6 is 0 Å². The van der Waals surface area contributed by atoms with Gasteiger partial charge in [-0.2, -0.15) is 8.42 Å². The monoisotopic (exact) mass is 286 g/mol. The molecule has 0 spiro atoms. The molecule has 1 aliphatic heterocycles. The summed E-state index contributed by atoms with van der Waals surface area (Å²) in [5, 5.41) is 2.21. The highest BCUT2D eigenvalue weighted by molar-refractivity contribution is 7.86.